The van der Waals surface area contributed by atoms with E-state index in [4.69, 9.17) is 0 Å². The molecule has 0 bridgehead atoms. The SMILES string of the molecule is CCOC(=O)CNC(=O)Nc1ccc(F)c(C)c1. The molecule has 18 heavy (non-hydrogen) atoms. The number of esters is 1. The smallest absolute Gasteiger partial charge is 0.325 e. The maximum Gasteiger partial charge on any atom is 0.325 e. The van der Waals surface area contributed by atoms with Crippen LogP contribution in [-0.2, 0) is 9.53 Å². The van der Waals surface area contributed by atoms with Gasteiger partial charge in [0.15, 0.2) is 0 Å². The Morgan fingerprint density at radius 2 is 2.11 bits per heavy atom. The van der Waals surface area contributed by atoms with Gasteiger partial charge in [-0.1, -0.05) is 0 Å². The summed E-state index contributed by atoms with van der Waals surface area (Å²) in [6.45, 7) is 3.33. The standard InChI is InChI=1S/C12H15FN2O3/c1-3-18-11(16)7-14-12(17)15-9-4-5-10(13)8(2)6-9/h4-6H,3,7H2,1-2H3,(H2,14,15,17). The monoisotopic (exact) mass is 254 g/mol. The lowest BCUT2D eigenvalue weighted by Gasteiger charge is -2.08. The summed E-state index contributed by atoms with van der Waals surface area (Å²) in [5.74, 6) is -0.851. The predicted octanol–water partition coefficient (Wildman–Crippen LogP) is 1.82. The molecule has 0 atom stereocenters. The third-order valence-corrected chi connectivity index (χ3v) is 2.11. The van der Waals surface area contributed by atoms with Crippen molar-refractivity contribution in [2.45, 2.75) is 13.8 Å². The molecule has 5 nitrogen and oxygen atoms in total. The number of aryl methyl sites for hydroxylation is 1. The third-order valence-electron chi connectivity index (χ3n) is 2.11. The molecule has 1 rings (SSSR count). The molecule has 0 radical (unpaired) electrons. The molecule has 0 aromatic heterocycles. The van der Waals surface area contributed by atoms with Crippen LogP contribution in [0.4, 0.5) is 14.9 Å². The van der Waals surface area contributed by atoms with Crippen LogP contribution in [0, 0.1) is 12.7 Å². The van der Waals surface area contributed by atoms with Crippen molar-refractivity contribution in [1.82, 2.24) is 5.32 Å². The Morgan fingerprint density at radius 3 is 2.72 bits per heavy atom. The van der Waals surface area contributed by atoms with Crippen LogP contribution >= 0.6 is 0 Å². The van der Waals surface area contributed by atoms with Crippen LogP contribution in [0.1, 0.15) is 12.5 Å². The molecule has 0 unspecified atom stereocenters. The van der Waals surface area contributed by atoms with Crippen LogP contribution in [0.15, 0.2) is 18.2 Å². The fourth-order valence-electron chi connectivity index (χ4n) is 1.26. The Labute approximate surface area is 104 Å². The van der Waals surface area contributed by atoms with Crippen LogP contribution in [-0.4, -0.2) is 25.2 Å². The molecule has 0 aliphatic heterocycles. The van der Waals surface area contributed by atoms with Gasteiger partial charge >= 0.3 is 12.0 Å². The molecule has 2 amide bonds. The van der Waals surface area contributed by atoms with Gasteiger partial charge in [0.2, 0.25) is 0 Å². The van der Waals surface area contributed by atoms with Crippen LogP contribution in [0.3, 0.4) is 0 Å². The van der Waals surface area contributed by atoms with Crippen LogP contribution in [0.5, 0.6) is 0 Å². The number of carbonyl (C=O) groups is 2. The summed E-state index contributed by atoms with van der Waals surface area (Å²) < 4.78 is 17.6. The van der Waals surface area contributed by atoms with Crippen molar-refractivity contribution >= 4 is 17.7 Å². The molecule has 1 aromatic rings. The molecule has 0 aliphatic rings. The molecule has 1 aromatic carbocycles. The number of halogens is 1. The van der Waals surface area contributed by atoms with Crippen molar-refractivity contribution in [2.24, 2.45) is 0 Å². The molecule has 0 saturated heterocycles. The van der Waals surface area contributed by atoms with Gasteiger partial charge in [-0.25, -0.2) is 9.18 Å². The Kier molecular flexibility index (Phi) is 5.10. The molecule has 0 saturated carbocycles. The average Bonchev–Trinajstić information content (AvgIpc) is 2.32. The molecule has 0 aliphatic carbocycles. The Balaban J connectivity index is 2.44. The highest BCUT2D eigenvalue weighted by Gasteiger charge is 2.06. The van der Waals surface area contributed by atoms with Crippen molar-refractivity contribution < 1.29 is 18.7 Å². The lowest BCUT2D eigenvalue weighted by atomic mass is 10.2. The van der Waals surface area contributed by atoms with E-state index >= 15 is 0 Å². The predicted molar refractivity (Wildman–Crippen MR) is 64.8 cm³/mol. The first-order valence-electron chi connectivity index (χ1n) is 5.49. The maximum absolute atomic E-state index is 13.0. The Bertz CT molecular complexity index is 449. The lowest BCUT2D eigenvalue weighted by Crippen LogP contribution is -2.34. The van der Waals surface area contributed by atoms with E-state index < -0.39 is 12.0 Å². The van der Waals surface area contributed by atoms with Crippen molar-refractivity contribution in [1.29, 1.82) is 0 Å². The van der Waals surface area contributed by atoms with E-state index in [2.05, 4.69) is 15.4 Å². The maximum atomic E-state index is 13.0. The van der Waals surface area contributed by atoms with Crippen molar-refractivity contribution in [3.05, 3.63) is 29.6 Å². The van der Waals surface area contributed by atoms with Gasteiger partial charge in [0, 0.05) is 5.69 Å². The molecule has 0 fully saturated rings. The molecule has 98 valence electrons. The van der Waals surface area contributed by atoms with Crippen LogP contribution in [0.25, 0.3) is 0 Å². The Morgan fingerprint density at radius 1 is 1.39 bits per heavy atom. The third kappa shape index (κ3) is 4.40. The van der Waals surface area contributed by atoms with Crippen LogP contribution in [0.2, 0.25) is 0 Å². The summed E-state index contributed by atoms with van der Waals surface area (Å²) in [5, 5.41) is 4.81. The summed E-state index contributed by atoms with van der Waals surface area (Å²) in [6, 6.07) is 3.65. The van der Waals surface area contributed by atoms with Crippen molar-refractivity contribution in [3.63, 3.8) is 0 Å². The first-order valence-corrected chi connectivity index (χ1v) is 5.49. The summed E-state index contributed by atoms with van der Waals surface area (Å²) in [5.41, 5.74) is 0.883. The Hall–Kier alpha value is -2.11. The summed E-state index contributed by atoms with van der Waals surface area (Å²) in [6.07, 6.45) is 0. The minimum Gasteiger partial charge on any atom is -0.465 e. The van der Waals surface area contributed by atoms with Gasteiger partial charge < -0.3 is 15.4 Å². The highest BCUT2D eigenvalue weighted by atomic mass is 19.1. The molecular weight excluding hydrogens is 239 g/mol. The number of nitrogens with one attached hydrogen (secondary N) is 2. The number of benzene rings is 1. The van der Waals surface area contributed by atoms with Gasteiger partial charge in [-0.3, -0.25) is 4.79 Å². The number of anilines is 1. The number of carbonyl (C=O) groups excluding carboxylic acids is 2. The van der Waals surface area contributed by atoms with Crippen molar-refractivity contribution in [2.75, 3.05) is 18.5 Å². The zero-order chi connectivity index (χ0) is 13.5. The zero-order valence-electron chi connectivity index (χ0n) is 10.2. The summed E-state index contributed by atoms with van der Waals surface area (Å²) in [4.78, 5) is 22.4. The number of hydrogen-bond acceptors (Lipinski definition) is 3. The summed E-state index contributed by atoms with van der Waals surface area (Å²) in [7, 11) is 0. The number of urea groups is 1. The zero-order valence-corrected chi connectivity index (χ0v) is 10.2. The highest BCUT2D eigenvalue weighted by molar-refractivity contribution is 5.91. The van der Waals surface area contributed by atoms with E-state index in [1.165, 1.54) is 18.2 Å². The minimum atomic E-state index is -0.547. The fourth-order valence-corrected chi connectivity index (χ4v) is 1.26. The molecule has 6 heteroatoms. The minimum absolute atomic E-state index is 0.208. The lowest BCUT2D eigenvalue weighted by molar-refractivity contribution is -0.141. The average molecular weight is 254 g/mol. The van der Waals surface area contributed by atoms with Crippen molar-refractivity contribution in [3.8, 4) is 0 Å². The second-order valence-electron chi connectivity index (χ2n) is 3.58. The first kappa shape index (κ1) is 14.0. The van der Waals surface area contributed by atoms with Gasteiger partial charge in [0.1, 0.15) is 12.4 Å². The largest absolute Gasteiger partial charge is 0.465 e. The molecule has 0 heterocycles. The second-order valence-corrected chi connectivity index (χ2v) is 3.58. The van der Waals surface area contributed by atoms with E-state index in [0.29, 0.717) is 11.3 Å². The molecule has 2 N–H and O–H groups in total. The number of rotatable bonds is 4. The first-order chi connectivity index (χ1) is 8.52. The van der Waals surface area contributed by atoms with E-state index in [-0.39, 0.29) is 19.0 Å². The summed E-state index contributed by atoms with van der Waals surface area (Å²) >= 11 is 0. The van der Waals surface area contributed by atoms with Gasteiger partial charge in [-0.2, -0.15) is 0 Å². The highest BCUT2D eigenvalue weighted by Crippen LogP contribution is 2.13. The second kappa shape index (κ2) is 6.58. The van der Waals surface area contributed by atoms with Gasteiger partial charge in [0.05, 0.1) is 6.61 Å². The normalized spacial score (nSPS) is 9.72. The van der Waals surface area contributed by atoms with Gasteiger partial charge in [0.25, 0.3) is 0 Å². The van der Waals surface area contributed by atoms with Crippen LogP contribution < -0.4 is 10.6 Å². The van der Waals surface area contributed by atoms with E-state index in [1.807, 2.05) is 0 Å². The van der Waals surface area contributed by atoms with E-state index in [1.54, 1.807) is 13.8 Å². The fraction of sp³-hybridized carbons (Fsp3) is 0.333. The number of amides is 2. The van der Waals surface area contributed by atoms with Gasteiger partial charge in [-0.05, 0) is 37.6 Å². The van der Waals surface area contributed by atoms with Gasteiger partial charge in [-0.15, -0.1) is 0 Å². The van der Waals surface area contributed by atoms with E-state index in [0.717, 1.165) is 0 Å². The van der Waals surface area contributed by atoms with E-state index in [9.17, 15) is 14.0 Å². The molecule has 0 spiro atoms. The number of ether oxygens (including phenoxy) is 1. The number of hydrogen-bond donors (Lipinski definition) is 2. The quantitative estimate of drug-likeness (QED) is 0.805. The topological polar surface area (TPSA) is 67.4 Å². The molecular formula is C12H15FN2O3.